The van der Waals surface area contributed by atoms with Crippen molar-refractivity contribution in [1.82, 2.24) is 14.9 Å². The van der Waals surface area contributed by atoms with Gasteiger partial charge in [0.25, 0.3) is 0 Å². The number of nitrogens with one attached hydrogen (secondary N) is 2. The highest BCUT2D eigenvalue weighted by atomic mass is 31.2. The lowest BCUT2D eigenvalue weighted by atomic mass is 9.72. The Bertz CT molecular complexity index is 1770. The number of piperidine rings is 1. The molecule has 1 aliphatic carbocycles. The number of aryl methyl sites for hydroxylation is 1. The molecule has 0 atom stereocenters. The van der Waals surface area contributed by atoms with Crippen LogP contribution in [-0.4, -0.2) is 68.5 Å². The number of hydrogen-bond donors (Lipinski definition) is 2. The molecule has 0 bridgehead atoms. The average molecular weight is 611 g/mol. The molecule has 4 aromatic rings. The van der Waals surface area contributed by atoms with E-state index in [1.165, 1.54) is 37.2 Å². The van der Waals surface area contributed by atoms with Crippen molar-refractivity contribution < 1.29 is 9.30 Å². The third kappa shape index (κ3) is 5.54. The Morgan fingerprint density at radius 3 is 2.43 bits per heavy atom. The maximum atomic E-state index is 13.6. The molecule has 2 N–H and O–H groups in total. The molecule has 2 saturated heterocycles. The Kier molecular flexibility index (Phi) is 7.33. The van der Waals surface area contributed by atoms with Gasteiger partial charge in [0.2, 0.25) is 5.95 Å². The summed E-state index contributed by atoms with van der Waals surface area (Å²) < 4.78 is 19.5. The lowest BCUT2D eigenvalue weighted by molar-refractivity contribution is 0.00130. The number of hydrogen-bond acceptors (Lipinski definition) is 8. The van der Waals surface area contributed by atoms with Crippen LogP contribution in [0, 0.1) is 12.3 Å². The monoisotopic (exact) mass is 610 g/mol. The minimum atomic E-state index is -2.61. The van der Waals surface area contributed by atoms with Crippen LogP contribution in [0.1, 0.15) is 42.7 Å². The summed E-state index contributed by atoms with van der Waals surface area (Å²) >= 11 is 0. The topological polar surface area (TPSA) is 82.6 Å². The number of nitrogens with zero attached hydrogens (tertiary/aromatic N) is 4. The summed E-state index contributed by atoms with van der Waals surface area (Å²) in [7, 11) is 1.32. The van der Waals surface area contributed by atoms with Crippen molar-refractivity contribution in [2.45, 2.75) is 38.5 Å². The van der Waals surface area contributed by atoms with E-state index in [4.69, 9.17) is 14.7 Å². The summed E-state index contributed by atoms with van der Waals surface area (Å²) in [4.78, 5) is 14.7. The molecule has 1 saturated carbocycles. The minimum Gasteiger partial charge on any atom is -0.494 e. The quantitative estimate of drug-likeness (QED) is 0.205. The van der Waals surface area contributed by atoms with Crippen molar-refractivity contribution in [3.63, 3.8) is 0 Å². The summed E-state index contributed by atoms with van der Waals surface area (Å²) in [6.07, 6.45) is 6.65. The molecule has 1 aromatic heterocycles. The van der Waals surface area contributed by atoms with Crippen molar-refractivity contribution in [3.8, 4) is 5.75 Å². The van der Waals surface area contributed by atoms with Gasteiger partial charge in [-0.1, -0.05) is 30.3 Å². The van der Waals surface area contributed by atoms with E-state index >= 15 is 0 Å². The maximum absolute atomic E-state index is 13.6. The van der Waals surface area contributed by atoms with Crippen molar-refractivity contribution in [2.24, 2.45) is 5.41 Å². The average Bonchev–Trinajstić information content (AvgIpc) is 3.82. The van der Waals surface area contributed by atoms with Gasteiger partial charge in [0.1, 0.15) is 18.7 Å². The van der Waals surface area contributed by atoms with E-state index in [2.05, 4.69) is 64.7 Å². The summed E-state index contributed by atoms with van der Waals surface area (Å²) in [6, 6.07) is 16.5. The molecule has 1 spiro atoms. The maximum Gasteiger partial charge on any atom is 0.229 e. The third-order valence-corrected chi connectivity index (χ3v) is 11.2. The first-order valence-corrected chi connectivity index (χ1v) is 18.3. The minimum absolute atomic E-state index is 0.436. The molecule has 0 radical (unpaired) electrons. The zero-order valence-electron chi connectivity index (χ0n) is 26.5. The highest BCUT2D eigenvalue weighted by molar-refractivity contribution is 7.71. The Labute approximate surface area is 260 Å². The molecule has 0 amide bonds. The van der Waals surface area contributed by atoms with Crippen LogP contribution in [0.5, 0.6) is 5.75 Å². The van der Waals surface area contributed by atoms with E-state index in [9.17, 15) is 4.57 Å². The second kappa shape index (κ2) is 11.1. The highest BCUT2D eigenvalue weighted by Gasteiger charge is 2.43. The van der Waals surface area contributed by atoms with Gasteiger partial charge >= 0.3 is 0 Å². The van der Waals surface area contributed by atoms with Crippen LogP contribution < -0.4 is 25.6 Å². The Balaban J connectivity index is 1.18. The molecular formula is C35H43N6O2P. The number of benzene rings is 3. The molecule has 3 aliphatic rings. The largest absolute Gasteiger partial charge is 0.494 e. The van der Waals surface area contributed by atoms with Crippen LogP contribution in [0.25, 0.3) is 10.8 Å². The first-order valence-electron chi connectivity index (χ1n) is 15.7. The van der Waals surface area contributed by atoms with E-state index in [-0.39, 0.29) is 0 Å². The van der Waals surface area contributed by atoms with Crippen LogP contribution in [0.4, 0.5) is 28.8 Å². The fourth-order valence-electron chi connectivity index (χ4n) is 7.35. The fraction of sp³-hybridized carbons (Fsp3) is 0.429. The molecule has 7 rings (SSSR count). The SMILES string of the molecule is COc1cc(N2CCC3(CC2)CN(C)C3)c(C)cc1Nc1ncc(C2CC2)c(Nc2ccc3ccccc3c2P(C)(C)=O)n1. The zero-order chi connectivity index (χ0) is 30.6. The number of aromatic nitrogens is 2. The van der Waals surface area contributed by atoms with Gasteiger partial charge in [-0.15, -0.1) is 0 Å². The number of anilines is 5. The number of methoxy groups -OCH3 is 1. The predicted octanol–water partition coefficient (Wildman–Crippen LogP) is 7.09. The Morgan fingerprint density at radius 1 is 1.00 bits per heavy atom. The molecule has 44 heavy (non-hydrogen) atoms. The fourth-order valence-corrected chi connectivity index (χ4v) is 8.84. The molecule has 9 heteroatoms. The second-order valence-corrected chi connectivity index (χ2v) is 16.7. The first-order chi connectivity index (χ1) is 21.1. The van der Waals surface area contributed by atoms with Crippen LogP contribution in [-0.2, 0) is 4.57 Å². The van der Waals surface area contributed by atoms with Gasteiger partial charge in [-0.3, -0.25) is 0 Å². The predicted molar refractivity (Wildman–Crippen MR) is 183 cm³/mol. The van der Waals surface area contributed by atoms with Crippen molar-refractivity contribution >= 4 is 52.0 Å². The molecule has 2 aliphatic heterocycles. The normalized spacial score (nSPS) is 18.3. The van der Waals surface area contributed by atoms with E-state index in [1.54, 1.807) is 7.11 Å². The lowest BCUT2D eigenvalue weighted by Crippen LogP contribution is -2.58. The van der Waals surface area contributed by atoms with Crippen LogP contribution in [0.3, 0.4) is 0 Å². The summed E-state index contributed by atoms with van der Waals surface area (Å²) in [6.45, 7) is 10.4. The van der Waals surface area contributed by atoms with Gasteiger partial charge in [-0.2, -0.15) is 4.98 Å². The summed E-state index contributed by atoms with van der Waals surface area (Å²) in [5, 5.41) is 9.99. The number of likely N-dealkylation sites (tertiary alicyclic amines) is 1. The molecule has 3 aromatic carbocycles. The number of ether oxygens (including phenoxy) is 1. The summed E-state index contributed by atoms with van der Waals surface area (Å²) in [5.41, 5.74) is 5.71. The van der Waals surface area contributed by atoms with E-state index in [1.807, 2.05) is 37.7 Å². The third-order valence-electron chi connectivity index (χ3n) is 9.67. The van der Waals surface area contributed by atoms with Gasteiger partial charge in [-0.25, -0.2) is 4.98 Å². The van der Waals surface area contributed by atoms with Gasteiger partial charge in [-0.05, 0) is 92.8 Å². The van der Waals surface area contributed by atoms with Gasteiger partial charge in [0.15, 0.2) is 0 Å². The van der Waals surface area contributed by atoms with Crippen LogP contribution >= 0.6 is 7.14 Å². The number of rotatable bonds is 8. The zero-order valence-corrected chi connectivity index (χ0v) is 27.4. The molecular weight excluding hydrogens is 567 g/mol. The smallest absolute Gasteiger partial charge is 0.229 e. The Morgan fingerprint density at radius 2 is 1.75 bits per heavy atom. The van der Waals surface area contributed by atoms with Crippen molar-refractivity contribution in [3.05, 3.63) is 65.9 Å². The van der Waals surface area contributed by atoms with Crippen molar-refractivity contribution in [2.75, 3.05) is 69.2 Å². The standard InChI is InChI=1S/C35H43N6O2P/c1-23-18-29(31(43-3)19-30(23)41-16-14-35(15-17-41)21-40(2)22-35)38-34-36-20-27(25-10-11-25)33(39-34)37-28-13-12-24-8-6-7-9-26(24)32(28)44(4,5)42/h6-9,12-13,18-20,25H,10-11,14-17,21-22H2,1-5H3,(H2,36,37,38,39). The van der Waals surface area contributed by atoms with Crippen LogP contribution in [0.15, 0.2) is 54.7 Å². The molecule has 0 unspecified atom stereocenters. The van der Waals surface area contributed by atoms with Gasteiger partial charge in [0, 0.05) is 55.0 Å². The lowest BCUT2D eigenvalue weighted by Gasteiger charge is -2.53. The molecule has 3 fully saturated rings. The van der Waals surface area contributed by atoms with Crippen LogP contribution in [0.2, 0.25) is 0 Å². The van der Waals surface area contributed by atoms with E-state index < -0.39 is 7.14 Å². The second-order valence-electron chi connectivity index (χ2n) is 13.6. The van der Waals surface area contributed by atoms with Gasteiger partial charge in [0.05, 0.1) is 18.5 Å². The highest BCUT2D eigenvalue weighted by Crippen LogP contribution is 2.46. The molecule has 3 heterocycles. The molecule has 8 nitrogen and oxygen atoms in total. The van der Waals surface area contributed by atoms with Crippen molar-refractivity contribution in [1.29, 1.82) is 0 Å². The van der Waals surface area contributed by atoms with Gasteiger partial charge < -0.3 is 29.7 Å². The summed E-state index contributed by atoms with van der Waals surface area (Å²) in [5.74, 6) is 2.46. The molecule has 230 valence electrons. The Hall–Kier alpha value is -3.61. The number of fused-ring (bicyclic) bond motifs is 1. The van der Waals surface area contributed by atoms with E-state index in [0.717, 1.165) is 70.5 Å². The van der Waals surface area contributed by atoms with E-state index in [0.29, 0.717) is 17.3 Å². The first kappa shape index (κ1) is 29.1.